The highest BCUT2D eigenvalue weighted by atomic mass is 32.1. The van der Waals surface area contributed by atoms with Crippen LogP contribution in [0.1, 0.15) is 56.7 Å². The van der Waals surface area contributed by atoms with E-state index in [0.717, 1.165) is 29.1 Å². The van der Waals surface area contributed by atoms with Gasteiger partial charge < -0.3 is 20.1 Å². The summed E-state index contributed by atoms with van der Waals surface area (Å²) in [5.41, 5.74) is 2.69. The zero-order valence-corrected chi connectivity index (χ0v) is 18.3. The number of anilines is 1. The van der Waals surface area contributed by atoms with Crippen molar-refractivity contribution in [3.8, 4) is 0 Å². The van der Waals surface area contributed by atoms with Gasteiger partial charge in [-0.15, -0.1) is 11.3 Å². The summed E-state index contributed by atoms with van der Waals surface area (Å²) in [6.07, 6.45) is 1.97. The number of esters is 2. The minimum absolute atomic E-state index is 0.0944. The molecule has 0 aliphatic carbocycles. The lowest BCUT2D eigenvalue weighted by molar-refractivity contribution is 0.0601. The van der Waals surface area contributed by atoms with E-state index in [1.54, 1.807) is 6.92 Å². The van der Waals surface area contributed by atoms with Crippen molar-refractivity contribution in [3.63, 3.8) is 0 Å². The van der Waals surface area contributed by atoms with Gasteiger partial charge in [0.25, 0.3) is 0 Å². The summed E-state index contributed by atoms with van der Waals surface area (Å²) in [5, 5.41) is 11.4. The van der Waals surface area contributed by atoms with Gasteiger partial charge in [-0.2, -0.15) is 5.10 Å². The maximum absolute atomic E-state index is 12.2. The van der Waals surface area contributed by atoms with Crippen LogP contribution in [-0.2, 0) is 16.0 Å². The lowest BCUT2D eigenvalue weighted by Crippen LogP contribution is -2.31. The zero-order chi connectivity index (χ0) is 21.0. The number of nitrogens with zero attached hydrogens (tertiary/aromatic N) is 2. The van der Waals surface area contributed by atoms with Gasteiger partial charge in [-0.3, -0.25) is 4.68 Å². The SMILES string of the molecule is CCn1cc(C(C)NC(=S)Nc2sc(C(=O)OC)c(C)c2C(=O)OC)c(C)n1. The van der Waals surface area contributed by atoms with Crippen molar-refractivity contribution in [3.05, 3.63) is 33.5 Å². The van der Waals surface area contributed by atoms with E-state index in [2.05, 4.69) is 15.7 Å². The van der Waals surface area contributed by atoms with Crippen LogP contribution in [0.5, 0.6) is 0 Å². The van der Waals surface area contributed by atoms with Crippen LogP contribution in [0.25, 0.3) is 0 Å². The molecule has 2 aromatic rings. The van der Waals surface area contributed by atoms with Gasteiger partial charge in [0.1, 0.15) is 9.88 Å². The summed E-state index contributed by atoms with van der Waals surface area (Å²) in [5.74, 6) is -1.07. The Morgan fingerprint density at radius 2 is 1.93 bits per heavy atom. The number of aromatic nitrogens is 2. The van der Waals surface area contributed by atoms with Gasteiger partial charge >= 0.3 is 11.9 Å². The van der Waals surface area contributed by atoms with Crippen molar-refractivity contribution < 1.29 is 19.1 Å². The molecule has 0 aromatic carbocycles. The first-order valence-corrected chi connectivity index (χ1v) is 9.87. The fraction of sp³-hybridized carbons (Fsp3) is 0.444. The molecule has 8 nitrogen and oxygen atoms in total. The quantitative estimate of drug-likeness (QED) is 0.539. The van der Waals surface area contributed by atoms with Crippen molar-refractivity contribution >= 4 is 45.6 Å². The molecular formula is C18H24N4O4S2. The number of methoxy groups -OCH3 is 2. The van der Waals surface area contributed by atoms with Crippen LogP contribution < -0.4 is 10.6 Å². The van der Waals surface area contributed by atoms with E-state index in [9.17, 15) is 9.59 Å². The number of carbonyl (C=O) groups excluding carboxylic acids is 2. The van der Waals surface area contributed by atoms with E-state index in [-0.39, 0.29) is 11.6 Å². The molecular weight excluding hydrogens is 400 g/mol. The normalized spacial score (nSPS) is 11.6. The number of aryl methyl sites for hydroxylation is 2. The minimum atomic E-state index is -0.553. The summed E-state index contributed by atoms with van der Waals surface area (Å²) in [4.78, 5) is 24.5. The number of hydrogen-bond donors (Lipinski definition) is 2. The second-order valence-corrected chi connectivity index (χ2v) is 7.52. The summed E-state index contributed by atoms with van der Waals surface area (Å²) < 4.78 is 11.5. The fourth-order valence-electron chi connectivity index (χ4n) is 2.77. The highest BCUT2D eigenvalue weighted by molar-refractivity contribution is 7.80. The Labute approximate surface area is 173 Å². The monoisotopic (exact) mass is 424 g/mol. The molecule has 2 rings (SSSR count). The molecule has 1 atom stereocenters. The van der Waals surface area contributed by atoms with E-state index in [1.807, 2.05) is 31.6 Å². The first-order chi connectivity index (χ1) is 13.2. The number of rotatable bonds is 6. The van der Waals surface area contributed by atoms with Crippen molar-refractivity contribution in [2.45, 2.75) is 40.3 Å². The largest absolute Gasteiger partial charge is 0.465 e. The molecule has 2 aromatic heterocycles. The molecule has 2 heterocycles. The number of carbonyl (C=O) groups is 2. The van der Waals surface area contributed by atoms with E-state index in [1.165, 1.54) is 14.2 Å². The molecule has 0 bridgehead atoms. The van der Waals surface area contributed by atoms with E-state index < -0.39 is 11.9 Å². The Morgan fingerprint density at radius 1 is 1.29 bits per heavy atom. The van der Waals surface area contributed by atoms with Gasteiger partial charge in [-0.05, 0) is 45.5 Å². The number of hydrogen-bond acceptors (Lipinski definition) is 7. The highest BCUT2D eigenvalue weighted by Crippen LogP contribution is 2.34. The average molecular weight is 425 g/mol. The number of thiophene rings is 1. The standard InChI is InChI=1S/C18H24N4O4S2/c1-7-22-8-12(11(4)21-22)10(3)19-18(27)20-15-13(16(23)25-5)9(2)14(28-15)17(24)26-6/h8,10H,7H2,1-6H3,(H2,19,20,27). The van der Waals surface area contributed by atoms with E-state index >= 15 is 0 Å². The molecule has 152 valence electrons. The van der Waals surface area contributed by atoms with Crippen LogP contribution >= 0.6 is 23.6 Å². The van der Waals surface area contributed by atoms with Crippen LogP contribution in [0, 0.1) is 13.8 Å². The summed E-state index contributed by atoms with van der Waals surface area (Å²) >= 11 is 6.50. The maximum atomic E-state index is 12.2. The Morgan fingerprint density at radius 3 is 2.46 bits per heavy atom. The van der Waals surface area contributed by atoms with Gasteiger partial charge in [-0.1, -0.05) is 0 Å². The maximum Gasteiger partial charge on any atom is 0.348 e. The third-order valence-corrected chi connectivity index (χ3v) is 5.66. The number of thiocarbonyl (C=S) groups is 1. The molecule has 0 fully saturated rings. The van der Waals surface area contributed by atoms with Crippen LogP contribution in [0.3, 0.4) is 0 Å². The average Bonchev–Trinajstić information content (AvgIpc) is 3.20. The third-order valence-electron chi connectivity index (χ3n) is 4.26. The van der Waals surface area contributed by atoms with Crippen molar-refractivity contribution in [1.82, 2.24) is 15.1 Å². The number of nitrogens with one attached hydrogen (secondary N) is 2. The van der Waals surface area contributed by atoms with Crippen LogP contribution in [0.15, 0.2) is 6.20 Å². The third kappa shape index (κ3) is 4.50. The molecule has 0 radical (unpaired) electrons. The van der Waals surface area contributed by atoms with Crippen LogP contribution in [0.2, 0.25) is 0 Å². The summed E-state index contributed by atoms with van der Waals surface area (Å²) in [7, 11) is 2.58. The number of ether oxygens (including phenoxy) is 2. The van der Waals surface area contributed by atoms with Gasteiger partial charge in [0, 0.05) is 18.3 Å². The topological polar surface area (TPSA) is 94.5 Å². The lowest BCUT2D eigenvalue weighted by atomic mass is 10.1. The predicted octanol–water partition coefficient (Wildman–Crippen LogP) is 3.20. The van der Waals surface area contributed by atoms with Crippen molar-refractivity contribution in [1.29, 1.82) is 0 Å². The lowest BCUT2D eigenvalue weighted by Gasteiger charge is -2.16. The Balaban J connectivity index is 2.23. The fourth-order valence-corrected chi connectivity index (χ4v) is 4.23. The summed E-state index contributed by atoms with van der Waals surface area (Å²) in [6.45, 7) is 8.38. The van der Waals surface area contributed by atoms with Crippen LogP contribution in [-0.4, -0.2) is 41.1 Å². The Bertz CT molecular complexity index is 904. The molecule has 2 N–H and O–H groups in total. The molecule has 0 saturated carbocycles. The first-order valence-electron chi connectivity index (χ1n) is 8.64. The van der Waals surface area contributed by atoms with Gasteiger partial charge in [-0.25, -0.2) is 9.59 Å². The highest BCUT2D eigenvalue weighted by Gasteiger charge is 2.26. The summed E-state index contributed by atoms with van der Waals surface area (Å²) in [6, 6.07) is -0.0944. The van der Waals surface area contributed by atoms with Gasteiger partial charge in [0.2, 0.25) is 0 Å². The molecule has 10 heteroatoms. The second-order valence-electron chi connectivity index (χ2n) is 6.09. The first kappa shape index (κ1) is 21.8. The molecule has 0 spiro atoms. The molecule has 1 unspecified atom stereocenters. The van der Waals surface area contributed by atoms with Gasteiger partial charge in [0.15, 0.2) is 5.11 Å². The predicted molar refractivity (Wildman–Crippen MR) is 112 cm³/mol. The van der Waals surface area contributed by atoms with E-state index in [4.69, 9.17) is 21.7 Å². The smallest absolute Gasteiger partial charge is 0.348 e. The zero-order valence-electron chi connectivity index (χ0n) is 16.7. The van der Waals surface area contributed by atoms with Gasteiger partial charge in [0.05, 0.1) is 31.5 Å². The Hall–Kier alpha value is -2.46. The van der Waals surface area contributed by atoms with Crippen LogP contribution in [0.4, 0.5) is 5.00 Å². The molecule has 0 saturated heterocycles. The molecule has 28 heavy (non-hydrogen) atoms. The molecule has 0 aliphatic heterocycles. The Kier molecular flexibility index (Phi) is 7.14. The second kappa shape index (κ2) is 9.16. The van der Waals surface area contributed by atoms with Crippen molar-refractivity contribution in [2.75, 3.05) is 19.5 Å². The van der Waals surface area contributed by atoms with Crippen molar-refractivity contribution in [2.24, 2.45) is 0 Å². The molecule has 0 aliphatic rings. The van der Waals surface area contributed by atoms with E-state index in [0.29, 0.717) is 20.6 Å². The minimum Gasteiger partial charge on any atom is -0.465 e. The molecule has 0 amide bonds.